The second kappa shape index (κ2) is 6.76. The van der Waals surface area contributed by atoms with Gasteiger partial charge in [-0.3, -0.25) is 9.69 Å². The first-order valence-electron chi connectivity index (χ1n) is 9.59. The zero-order valence-corrected chi connectivity index (χ0v) is 16.1. The van der Waals surface area contributed by atoms with Gasteiger partial charge in [0.2, 0.25) is 0 Å². The van der Waals surface area contributed by atoms with Gasteiger partial charge in [-0.05, 0) is 45.3 Å². The van der Waals surface area contributed by atoms with Gasteiger partial charge in [-0.1, -0.05) is 20.8 Å². The third kappa shape index (κ3) is 3.63. The number of rotatable bonds is 4. The van der Waals surface area contributed by atoms with E-state index in [0.29, 0.717) is 25.3 Å². The number of likely N-dealkylation sites (tertiary alicyclic amines) is 2. The summed E-state index contributed by atoms with van der Waals surface area (Å²) in [6, 6.07) is 1.94. The van der Waals surface area contributed by atoms with Crippen LogP contribution in [-0.4, -0.2) is 52.6 Å². The van der Waals surface area contributed by atoms with E-state index in [2.05, 4.69) is 11.8 Å². The van der Waals surface area contributed by atoms with Crippen molar-refractivity contribution < 1.29 is 14.3 Å². The molecule has 0 aliphatic carbocycles. The highest BCUT2D eigenvalue weighted by atomic mass is 16.4. The lowest BCUT2D eigenvalue weighted by Gasteiger charge is -2.48. The van der Waals surface area contributed by atoms with Gasteiger partial charge in [-0.2, -0.15) is 0 Å². The molecule has 0 unspecified atom stereocenters. The molecular formula is C20H32N2O3. The lowest BCUT2D eigenvalue weighted by Crippen LogP contribution is -2.56. The van der Waals surface area contributed by atoms with E-state index in [1.54, 1.807) is 0 Å². The van der Waals surface area contributed by atoms with Gasteiger partial charge in [-0.25, -0.2) is 0 Å². The maximum absolute atomic E-state index is 13.0. The predicted octanol–water partition coefficient (Wildman–Crippen LogP) is 3.06. The second-order valence-electron chi connectivity index (χ2n) is 8.53. The number of carbonyl (C=O) groups excluding carboxylic acids is 1. The lowest BCUT2D eigenvalue weighted by molar-refractivity contribution is -0.0974. The molecule has 5 nitrogen and oxygen atoms in total. The smallest absolute Gasteiger partial charge is 0.289 e. The Balaban J connectivity index is 1.75. The minimum atomic E-state index is -0.748. The van der Waals surface area contributed by atoms with Crippen molar-refractivity contribution in [3.05, 3.63) is 23.2 Å². The molecule has 1 aromatic rings. The molecule has 2 fully saturated rings. The van der Waals surface area contributed by atoms with Crippen molar-refractivity contribution in [3.8, 4) is 0 Å². The van der Waals surface area contributed by atoms with Gasteiger partial charge in [0.1, 0.15) is 5.76 Å². The Morgan fingerprint density at radius 1 is 1.24 bits per heavy atom. The van der Waals surface area contributed by atoms with Crippen LogP contribution in [-0.2, 0) is 13.0 Å². The predicted molar refractivity (Wildman–Crippen MR) is 97.5 cm³/mol. The van der Waals surface area contributed by atoms with Crippen LogP contribution in [0.3, 0.4) is 0 Å². The van der Waals surface area contributed by atoms with Crippen LogP contribution in [0.15, 0.2) is 10.5 Å². The van der Waals surface area contributed by atoms with Crippen LogP contribution in [0.2, 0.25) is 0 Å². The summed E-state index contributed by atoms with van der Waals surface area (Å²) < 4.78 is 5.93. The Morgan fingerprint density at radius 3 is 2.52 bits per heavy atom. The van der Waals surface area contributed by atoms with Crippen LogP contribution in [0.25, 0.3) is 0 Å². The standard InChI is InChI=1S/C20H32N2O3/c1-5-16-15(13-21-9-6-7-10-21)12-17(25-16)18(23)22-11-8-20(4,24)19(2,3)14-22/h12,24H,5-11,13-14H2,1-4H3/t20-/m1/s1. The Morgan fingerprint density at radius 2 is 1.92 bits per heavy atom. The summed E-state index contributed by atoms with van der Waals surface area (Å²) in [7, 11) is 0. The molecule has 1 N–H and O–H groups in total. The first kappa shape index (κ1) is 18.5. The van der Waals surface area contributed by atoms with Gasteiger partial charge in [0, 0.05) is 37.0 Å². The van der Waals surface area contributed by atoms with Gasteiger partial charge >= 0.3 is 0 Å². The van der Waals surface area contributed by atoms with Crippen LogP contribution < -0.4 is 0 Å². The molecule has 5 heteroatoms. The van der Waals surface area contributed by atoms with Gasteiger partial charge in [0.15, 0.2) is 5.76 Å². The molecule has 0 aromatic carbocycles. The molecule has 1 aromatic heterocycles. The summed E-state index contributed by atoms with van der Waals surface area (Å²) >= 11 is 0. The largest absolute Gasteiger partial charge is 0.456 e. The Labute approximate surface area is 151 Å². The number of aryl methyl sites for hydroxylation is 1. The molecule has 140 valence electrons. The van der Waals surface area contributed by atoms with Crippen molar-refractivity contribution in [3.63, 3.8) is 0 Å². The third-order valence-corrected chi connectivity index (χ3v) is 6.22. The summed E-state index contributed by atoms with van der Waals surface area (Å²) in [5.41, 5.74) is 0.0676. The zero-order chi connectivity index (χ0) is 18.2. The van der Waals surface area contributed by atoms with Gasteiger partial charge in [0.25, 0.3) is 5.91 Å². The quantitative estimate of drug-likeness (QED) is 0.908. The average molecular weight is 348 g/mol. The van der Waals surface area contributed by atoms with E-state index >= 15 is 0 Å². The minimum absolute atomic E-state index is 0.0500. The summed E-state index contributed by atoms with van der Waals surface area (Å²) in [4.78, 5) is 17.2. The molecule has 0 saturated carbocycles. The molecule has 0 radical (unpaired) electrons. The highest BCUT2D eigenvalue weighted by molar-refractivity contribution is 5.92. The number of aliphatic hydroxyl groups is 1. The first-order chi connectivity index (χ1) is 11.7. The molecule has 3 rings (SSSR count). The molecule has 2 aliphatic rings. The number of hydrogen-bond acceptors (Lipinski definition) is 4. The highest BCUT2D eigenvalue weighted by Gasteiger charge is 2.45. The molecule has 1 amide bonds. The van der Waals surface area contributed by atoms with Crippen molar-refractivity contribution in [2.75, 3.05) is 26.2 Å². The number of nitrogens with zero attached hydrogens (tertiary/aromatic N) is 2. The number of furan rings is 1. The molecular weight excluding hydrogens is 316 g/mol. The van der Waals surface area contributed by atoms with Crippen molar-refractivity contribution in [1.82, 2.24) is 9.80 Å². The maximum atomic E-state index is 13.0. The average Bonchev–Trinajstić information content (AvgIpc) is 3.19. The SMILES string of the molecule is CCc1oc(C(=O)N2CC[C@@](C)(O)C(C)(C)C2)cc1CN1CCCC1. The summed E-state index contributed by atoms with van der Waals surface area (Å²) in [5.74, 6) is 1.33. The van der Waals surface area contributed by atoms with E-state index in [1.165, 1.54) is 12.8 Å². The van der Waals surface area contributed by atoms with E-state index in [9.17, 15) is 9.90 Å². The number of hydrogen-bond donors (Lipinski definition) is 1. The topological polar surface area (TPSA) is 56.9 Å². The van der Waals surface area contributed by atoms with Crippen molar-refractivity contribution in [2.24, 2.45) is 5.41 Å². The van der Waals surface area contributed by atoms with E-state index in [4.69, 9.17) is 4.42 Å². The molecule has 2 saturated heterocycles. The number of piperidine rings is 1. The molecule has 0 bridgehead atoms. The van der Waals surface area contributed by atoms with Crippen molar-refractivity contribution >= 4 is 5.91 Å². The number of carbonyl (C=O) groups is 1. The molecule has 0 spiro atoms. The van der Waals surface area contributed by atoms with Crippen molar-refractivity contribution in [1.29, 1.82) is 0 Å². The molecule has 3 heterocycles. The van der Waals surface area contributed by atoms with E-state index < -0.39 is 5.60 Å². The highest BCUT2D eigenvalue weighted by Crippen LogP contribution is 2.38. The van der Waals surface area contributed by atoms with E-state index in [1.807, 2.05) is 31.7 Å². The van der Waals surface area contributed by atoms with Crippen LogP contribution in [0.5, 0.6) is 0 Å². The first-order valence-corrected chi connectivity index (χ1v) is 9.59. The molecule has 2 aliphatic heterocycles. The Hall–Kier alpha value is -1.33. The minimum Gasteiger partial charge on any atom is -0.456 e. The fourth-order valence-electron chi connectivity index (χ4n) is 3.93. The monoisotopic (exact) mass is 348 g/mol. The molecule has 25 heavy (non-hydrogen) atoms. The third-order valence-electron chi connectivity index (χ3n) is 6.22. The fourth-order valence-corrected chi connectivity index (χ4v) is 3.93. The summed E-state index contributed by atoms with van der Waals surface area (Å²) in [6.07, 6.45) is 3.91. The van der Waals surface area contributed by atoms with E-state index in [0.717, 1.165) is 37.4 Å². The lowest BCUT2D eigenvalue weighted by atomic mass is 9.71. The van der Waals surface area contributed by atoms with Crippen LogP contribution in [0.4, 0.5) is 0 Å². The maximum Gasteiger partial charge on any atom is 0.289 e. The van der Waals surface area contributed by atoms with Crippen molar-refractivity contribution in [2.45, 2.75) is 65.5 Å². The van der Waals surface area contributed by atoms with Crippen LogP contribution in [0, 0.1) is 5.41 Å². The zero-order valence-electron chi connectivity index (χ0n) is 16.1. The Bertz CT molecular complexity index is 627. The Kier molecular flexibility index (Phi) is 5.00. The van der Waals surface area contributed by atoms with Gasteiger partial charge in [-0.15, -0.1) is 0 Å². The second-order valence-corrected chi connectivity index (χ2v) is 8.53. The van der Waals surface area contributed by atoms with E-state index in [-0.39, 0.29) is 11.3 Å². The fraction of sp³-hybridized carbons (Fsp3) is 0.750. The summed E-state index contributed by atoms with van der Waals surface area (Å²) in [5, 5.41) is 10.6. The normalized spacial score (nSPS) is 27.0. The van der Waals surface area contributed by atoms with Crippen LogP contribution in [0.1, 0.15) is 68.8 Å². The number of amides is 1. The van der Waals surface area contributed by atoms with Crippen LogP contribution >= 0.6 is 0 Å². The molecule has 1 atom stereocenters. The van der Waals surface area contributed by atoms with Gasteiger partial charge in [0.05, 0.1) is 5.60 Å². The summed E-state index contributed by atoms with van der Waals surface area (Å²) in [6.45, 7) is 12.2. The van der Waals surface area contributed by atoms with Gasteiger partial charge < -0.3 is 14.4 Å².